The molecule has 2 fully saturated rings. The van der Waals surface area contributed by atoms with Crippen LogP contribution in [-0.2, 0) is 13.6 Å². The SMILES string of the molecule is [B][C@]1(N)C(CC)CN(C(=O)c2cc(OC)c3c(c2)nc(-c2cc4ccccc4n2C)n3CC2CN(C(=O)c3ccc(C#N)cc3)C2)C1C. The maximum Gasteiger partial charge on any atom is 0.254 e. The van der Waals surface area contributed by atoms with Crippen molar-refractivity contribution in [3.8, 4) is 23.3 Å². The average molecular weight is 640 g/mol. The molecule has 5 aromatic rings. The Morgan fingerprint density at radius 1 is 1.06 bits per heavy atom. The zero-order valence-electron chi connectivity index (χ0n) is 27.7. The monoisotopic (exact) mass is 639 g/mol. The van der Waals surface area contributed by atoms with Crippen LogP contribution in [0.15, 0.2) is 66.7 Å². The third kappa shape index (κ3) is 5.03. The van der Waals surface area contributed by atoms with E-state index in [0.29, 0.717) is 54.1 Å². The van der Waals surface area contributed by atoms with E-state index in [0.717, 1.165) is 34.4 Å². The summed E-state index contributed by atoms with van der Waals surface area (Å²) in [6.07, 6.45) is 0.778. The molecule has 4 heterocycles. The van der Waals surface area contributed by atoms with Gasteiger partial charge >= 0.3 is 0 Å². The highest BCUT2D eigenvalue weighted by molar-refractivity contribution is 6.17. The molecular formula is C37H38BN7O3. The number of aromatic nitrogens is 3. The molecule has 10 nitrogen and oxygen atoms in total. The number of nitrogens with two attached hydrogens (primary N) is 1. The number of methoxy groups -OCH3 is 1. The molecule has 2 unspecified atom stereocenters. The van der Waals surface area contributed by atoms with Crippen molar-refractivity contribution in [2.24, 2.45) is 24.6 Å². The summed E-state index contributed by atoms with van der Waals surface area (Å²) in [5.41, 5.74) is 10.5. The number of aryl methyl sites for hydroxylation is 1. The number of para-hydroxylation sites is 1. The Balaban J connectivity index is 1.26. The number of benzene rings is 3. The van der Waals surface area contributed by atoms with Gasteiger partial charge in [-0.25, -0.2) is 4.98 Å². The molecule has 2 aliphatic heterocycles. The Morgan fingerprint density at radius 2 is 1.79 bits per heavy atom. The van der Waals surface area contributed by atoms with Gasteiger partial charge in [-0.15, -0.1) is 0 Å². The van der Waals surface area contributed by atoms with E-state index < -0.39 is 5.44 Å². The first-order chi connectivity index (χ1) is 23.0. The number of carbonyl (C=O) groups excluding carboxylic acids is 2. The predicted molar refractivity (Wildman–Crippen MR) is 186 cm³/mol. The number of hydrogen-bond donors (Lipinski definition) is 1. The smallest absolute Gasteiger partial charge is 0.254 e. The molecule has 11 heteroatoms. The van der Waals surface area contributed by atoms with Crippen molar-refractivity contribution in [3.05, 3.63) is 83.4 Å². The molecule has 3 aromatic carbocycles. The summed E-state index contributed by atoms with van der Waals surface area (Å²) in [5.74, 6) is 1.25. The normalized spacial score (nSPS) is 21.1. The molecule has 0 spiro atoms. The number of imidazole rings is 1. The summed E-state index contributed by atoms with van der Waals surface area (Å²) in [6.45, 7) is 6.19. The van der Waals surface area contributed by atoms with Crippen molar-refractivity contribution in [3.63, 3.8) is 0 Å². The summed E-state index contributed by atoms with van der Waals surface area (Å²) in [5, 5.41) is 10.2. The van der Waals surface area contributed by atoms with Gasteiger partial charge in [-0.1, -0.05) is 31.5 Å². The molecule has 2 aromatic heterocycles. The van der Waals surface area contributed by atoms with Crippen molar-refractivity contribution in [1.82, 2.24) is 23.9 Å². The van der Waals surface area contributed by atoms with Crippen molar-refractivity contribution in [2.45, 2.75) is 38.3 Å². The first-order valence-electron chi connectivity index (χ1n) is 16.4. The Hall–Kier alpha value is -5.08. The van der Waals surface area contributed by atoms with E-state index in [1.54, 1.807) is 42.3 Å². The van der Waals surface area contributed by atoms with Gasteiger partial charge in [0.15, 0.2) is 5.82 Å². The number of amides is 2. The van der Waals surface area contributed by atoms with Crippen LogP contribution in [0.1, 0.15) is 46.5 Å². The number of hydrogen-bond acceptors (Lipinski definition) is 6. The quantitative estimate of drug-likeness (QED) is 0.261. The topological polar surface area (TPSA) is 122 Å². The molecule has 0 saturated carbocycles. The maximum absolute atomic E-state index is 14.0. The van der Waals surface area contributed by atoms with Crippen LogP contribution in [0.25, 0.3) is 33.5 Å². The Labute approximate surface area is 281 Å². The van der Waals surface area contributed by atoms with Crippen molar-refractivity contribution in [1.29, 1.82) is 5.26 Å². The minimum Gasteiger partial charge on any atom is -0.494 e. The first kappa shape index (κ1) is 31.5. The highest BCUT2D eigenvalue weighted by Crippen LogP contribution is 2.38. The van der Waals surface area contributed by atoms with Gasteiger partial charge in [0.2, 0.25) is 0 Å². The van der Waals surface area contributed by atoms with Gasteiger partial charge in [0.05, 0.1) is 37.8 Å². The summed E-state index contributed by atoms with van der Waals surface area (Å²) in [7, 11) is 10.1. The molecule has 2 N–H and O–H groups in total. The molecule has 2 aliphatic rings. The highest BCUT2D eigenvalue weighted by atomic mass is 16.5. The maximum atomic E-state index is 14.0. The number of nitrogens with zero attached hydrogens (tertiary/aromatic N) is 6. The van der Waals surface area contributed by atoms with Crippen LogP contribution >= 0.6 is 0 Å². The number of fused-ring (bicyclic) bond motifs is 2. The third-order valence-electron chi connectivity index (χ3n) is 10.5. The lowest BCUT2D eigenvalue weighted by molar-refractivity contribution is 0.0471. The third-order valence-corrected chi connectivity index (χ3v) is 10.5. The van der Waals surface area contributed by atoms with Crippen molar-refractivity contribution >= 4 is 41.6 Å². The standard InChI is InChI=1S/C37H38BN7O3/c1-5-28-21-44(22(2)37(28,38)40)36(47)27-14-29-33(32(16-27)48-4)45(34(41-29)31-15-26-8-6-7-9-30(26)42(31)3)20-24-18-43(19-24)35(46)25-12-10-23(17-39)11-13-25/h6-16,22,24,28H,5,18-21,40H2,1-4H3/t22?,28?,37-/m1/s1. The summed E-state index contributed by atoms with van der Waals surface area (Å²) in [4.78, 5) is 35.9. The van der Waals surface area contributed by atoms with Gasteiger partial charge in [0, 0.05) is 72.7 Å². The summed E-state index contributed by atoms with van der Waals surface area (Å²) < 4.78 is 10.3. The van der Waals surface area contributed by atoms with E-state index in [4.69, 9.17) is 28.6 Å². The number of ether oxygens (including phenoxy) is 1. The lowest BCUT2D eigenvalue weighted by Crippen LogP contribution is -2.54. The van der Waals surface area contributed by atoms with E-state index >= 15 is 0 Å². The minimum absolute atomic E-state index is 0.00908. The summed E-state index contributed by atoms with van der Waals surface area (Å²) in [6, 6.07) is 22.4. The Kier molecular flexibility index (Phi) is 7.79. The second-order valence-corrected chi connectivity index (χ2v) is 13.2. The summed E-state index contributed by atoms with van der Waals surface area (Å²) >= 11 is 0. The van der Waals surface area contributed by atoms with Crippen LogP contribution in [-0.4, -0.2) is 81.8 Å². The van der Waals surface area contributed by atoms with E-state index in [1.165, 1.54) is 0 Å². The minimum atomic E-state index is -0.972. The number of carbonyl (C=O) groups is 2. The van der Waals surface area contributed by atoms with Crippen LogP contribution in [0.5, 0.6) is 5.75 Å². The Bertz CT molecular complexity index is 2100. The molecule has 3 atom stereocenters. The number of rotatable bonds is 7. The van der Waals surface area contributed by atoms with E-state index in [9.17, 15) is 9.59 Å². The zero-order chi connectivity index (χ0) is 33.9. The molecule has 242 valence electrons. The number of nitriles is 1. The van der Waals surface area contributed by atoms with E-state index in [2.05, 4.69) is 33.4 Å². The second-order valence-electron chi connectivity index (χ2n) is 13.2. The van der Waals surface area contributed by atoms with Crippen LogP contribution in [0.4, 0.5) is 0 Å². The van der Waals surface area contributed by atoms with Crippen LogP contribution in [0.2, 0.25) is 0 Å². The van der Waals surface area contributed by atoms with E-state index in [1.807, 2.05) is 44.0 Å². The molecule has 7 rings (SSSR count). The van der Waals surface area contributed by atoms with Gasteiger partial charge in [-0.3, -0.25) is 9.59 Å². The molecule has 2 radical (unpaired) electrons. The fourth-order valence-electron chi connectivity index (χ4n) is 7.44. The highest BCUT2D eigenvalue weighted by Gasteiger charge is 2.46. The van der Waals surface area contributed by atoms with Crippen LogP contribution < -0.4 is 10.5 Å². The van der Waals surface area contributed by atoms with E-state index in [-0.39, 0.29) is 29.7 Å². The van der Waals surface area contributed by atoms with Crippen molar-refractivity contribution in [2.75, 3.05) is 26.7 Å². The molecular weight excluding hydrogens is 601 g/mol. The number of likely N-dealkylation sites (tertiary alicyclic amines) is 2. The second kappa shape index (κ2) is 11.9. The van der Waals surface area contributed by atoms with Crippen LogP contribution in [0, 0.1) is 23.2 Å². The van der Waals surface area contributed by atoms with Gasteiger partial charge in [0.1, 0.15) is 11.3 Å². The molecule has 2 amide bonds. The van der Waals surface area contributed by atoms with Crippen molar-refractivity contribution < 1.29 is 14.3 Å². The fourth-order valence-corrected chi connectivity index (χ4v) is 7.44. The van der Waals surface area contributed by atoms with Gasteiger partial charge in [-0.2, -0.15) is 5.26 Å². The van der Waals surface area contributed by atoms with Gasteiger partial charge in [-0.05, 0) is 61.4 Å². The zero-order valence-corrected chi connectivity index (χ0v) is 27.7. The Morgan fingerprint density at radius 3 is 2.44 bits per heavy atom. The molecule has 0 aliphatic carbocycles. The van der Waals surface area contributed by atoms with Gasteiger partial charge < -0.3 is 29.4 Å². The first-order valence-corrected chi connectivity index (χ1v) is 16.4. The van der Waals surface area contributed by atoms with Crippen LogP contribution in [0.3, 0.4) is 0 Å². The lowest BCUT2D eigenvalue weighted by atomic mass is 9.66. The average Bonchev–Trinajstić information content (AvgIpc) is 3.69. The lowest BCUT2D eigenvalue weighted by Gasteiger charge is -2.39. The molecule has 48 heavy (non-hydrogen) atoms. The molecule has 2 saturated heterocycles. The fraction of sp³-hybridized carbons (Fsp3) is 0.351. The molecule has 0 bridgehead atoms. The van der Waals surface area contributed by atoms with Gasteiger partial charge in [0.25, 0.3) is 11.8 Å². The predicted octanol–water partition coefficient (Wildman–Crippen LogP) is 4.54. The largest absolute Gasteiger partial charge is 0.494 e.